The van der Waals surface area contributed by atoms with Gasteiger partial charge < -0.3 is 9.47 Å². The third-order valence-electron chi connectivity index (χ3n) is 6.16. The number of anilines is 1. The van der Waals surface area contributed by atoms with Crippen LogP contribution in [0.5, 0.6) is 11.5 Å². The van der Waals surface area contributed by atoms with Crippen molar-refractivity contribution in [1.29, 1.82) is 0 Å². The molecule has 1 heterocycles. The predicted octanol–water partition coefficient (Wildman–Crippen LogP) is 8.23. The molecule has 0 spiro atoms. The van der Waals surface area contributed by atoms with Crippen molar-refractivity contribution in [2.75, 3.05) is 4.90 Å². The number of amides is 4. The molecule has 5 rings (SSSR count). The zero-order valence-corrected chi connectivity index (χ0v) is 25.4. The third-order valence-corrected chi connectivity index (χ3v) is 7.48. The zero-order chi connectivity index (χ0) is 29.8. The van der Waals surface area contributed by atoms with E-state index in [4.69, 9.17) is 44.3 Å². The number of imide groups is 2. The molecule has 212 valence electrons. The van der Waals surface area contributed by atoms with Crippen LogP contribution in [0.2, 0.25) is 15.1 Å². The number of rotatable bonds is 8. The Kier molecular flexibility index (Phi) is 9.18. The normalized spacial score (nSPS) is 14.2. The second kappa shape index (κ2) is 13.0. The highest BCUT2D eigenvalue weighted by Crippen LogP contribution is 2.30. The van der Waals surface area contributed by atoms with E-state index in [0.29, 0.717) is 36.6 Å². The summed E-state index contributed by atoms with van der Waals surface area (Å²) in [5.41, 5.74) is 2.06. The van der Waals surface area contributed by atoms with Crippen molar-refractivity contribution < 1.29 is 23.9 Å². The van der Waals surface area contributed by atoms with Gasteiger partial charge in [0.1, 0.15) is 30.3 Å². The number of nitrogens with one attached hydrogen (secondary N) is 1. The van der Waals surface area contributed by atoms with Crippen LogP contribution in [0, 0.1) is 0 Å². The first-order chi connectivity index (χ1) is 20.2. The summed E-state index contributed by atoms with van der Waals surface area (Å²) in [4.78, 5) is 39.9. The lowest BCUT2D eigenvalue weighted by molar-refractivity contribution is -0.122. The molecule has 1 aliphatic rings. The van der Waals surface area contributed by atoms with E-state index in [2.05, 4.69) is 21.2 Å². The highest BCUT2D eigenvalue weighted by Gasteiger charge is 2.37. The van der Waals surface area contributed by atoms with Crippen LogP contribution in [0.25, 0.3) is 6.08 Å². The summed E-state index contributed by atoms with van der Waals surface area (Å²) in [6.45, 7) is 0.399. The van der Waals surface area contributed by atoms with E-state index in [-0.39, 0.29) is 24.5 Å². The second-order valence-electron chi connectivity index (χ2n) is 9.08. The zero-order valence-electron chi connectivity index (χ0n) is 21.6. The summed E-state index contributed by atoms with van der Waals surface area (Å²) in [5, 5.41) is 3.81. The monoisotopic (exact) mass is 684 g/mol. The Morgan fingerprint density at radius 3 is 2.31 bits per heavy atom. The van der Waals surface area contributed by atoms with Gasteiger partial charge in [0.25, 0.3) is 11.8 Å². The van der Waals surface area contributed by atoms with Gasteiger partial charge in [0.15, 0.2) is 0 Å². The van der Waals surface area contributed by atoms with Crippen LogP contribution in [-0.4, -0.2) is 17.8 Å². The van der Waals surface area contributed by atoms with Crippen LogP contribution in [0.4, 0.5) is 10.5 Å². The van der Waals surface area contributed by atoms with Crippen molar-refractivity contribution in [3.05, 3.63) is 127 Å². The van der Waals surface area contributed by atoms with Gasteiger partial charge in [-0.05, 0) is 78.4 Å². The maximum atomic E-state index is 13.5. The number of benzene rings is 4. The predicted molar refractivity (Wildman–Crippen MR) is 166 cm³/mol. The van der Waals surface area contributed by atoms with Gasteiger partial charge in [0.05, 0.1) is 5.69 Å². The molecule has 1 saturated heterocycles. The molecule has 0 saturated carbocycles. The summed E-state index contributed by atoms with van der Waals surface area (Å²) >= 11 is 21.6. The summed E-state index contributed by atoms with van der Waals surface area (Å²) in [6.07, 6.45) is 1.39. The number of urea groups is 1. The number of ether oxygens (including phenoxy) is 2. The smallest absolute Gasteiger partial charge is 0.335 e. The minimum Gasteiger partial charge on any atom is -0.489 e. The van der Waals surface area contributed by atoms with Crippen molar-refractivity contribution in [3.8, 4) is 11.5 Å². The summed E-state index contributed by atoms with van der Waals surface area (Å²) in [5.74, 6) is -0.693. The first-order valence-electron chi connectivity index (χ1n) is 12.4. The van der Waals surface area contributed by atoms with E-state index in [1.165, 1.54) is 6.08 Å². The largest absolute Gasteiger partial charge is 0.489 e. The summed E-state index contributed by atoms with van der Waals surface area (Å²) < 4.78 is 12.5. The van der Waals surface area contributed by atoms with Gasteiger partial charge in [-0.3, -0.25) is 14.9 Å². The maximum Gasteiger partial charge on any atom is 0.335 e. The maximum absolute atomic E-state index is 13.5. The Morgan fingerprint density at radius 1 is 0.810 bits per heavy atom. The number of carbonyl (C=O) groups excluding carboxylic acids is 3. The van der Waals surface area contributed by atoms with Crippen molar-refractivity contribution in [2.24, 2.45) is 0 Å². The third kappa shape index (κ3) is 6.97. The molecular weight excluding hydrogens is 667 g/mol. The summed E-state index contributed by atoms with van der Waals surface area (Å²) in [6, 6.07) is 23.0. The van der Waals surface area contributed by atoms with E-state index in [1.54, 1.807) is 72.8 Å². The van der Waals surface area contributed by atoms with Crippen LogP contribution in [0.1, 0.15) is 16.7 Å². The SMILES string of the molecule is O=C1NC(=O)N(c2ccc(OCc3ccc(Cl)cc3Cl)cc2)C(=O)/C1=C/c1cc(Br)ccc1OCc1cccc(Cl)c1. The quantitative estimate of drug-likeness (QED) is 0.149. The van der Waals surface area contributed by atoms with Crippen LogP contribution < -0.4 is 19.7 Å². The number of carbonyl (C=O) groups is 3. The van der Waals surface area contributed by atoms with Crippen molar-refractivity contribution >= 4 is 80.3 Å². The summed E-state index contributed by atoms with van der Waals surface area (Å²) in [7, 11) is 0. The minimum absolute atomic E-state index is 0.189. The fourth-order valence-corrected chi connectivity index (χ4v) is 5.14. The lowest BCUT2D eigenvalue weighted by atomic mass is 10.1. The van der Waals surface area contributed by atoms with E-state index >= 15 is 0 Å². The highest BCUT2D eigenvalue weighted by atomic mass is 79.9. The van der Waals surface area contributed by atoms with Crippen molar-refractivity contribution in [2.45, 2.75) is 13.2 Å². The van der Waals surface area contributed by atoms with Crippen LogP contribution >= 0.6 is 50.7 Å². The van der Waals surface area contributed by atoms with Crippen molar-refractivity contribution in [3.63, 3.8) is 0 Å². The fourth-order valence-electron chi connectivity index (χ4n) is 4.09. The van der Waals surface area contributed by atoms with E-state index in [0.717, 1.165) is 16.0 Å². The Labute approximate surface area is 264 Å². The molecule has 1 fully saturated rings. The Hall–Kier alpha value is -3.82. The van der Waals surface area contributed by atoms with Gasteiger partial charge >= 0.3 is 6.03 Å². The van der Waals surface area contributed by atoms with Gasteiger partial charge in [-0.25, -0.2) is 9.69 Å². The fraction of sp³-hybridized carbons (Fsp3) is 0.0645. The number of halogens is 4. The number of nitrogens with zero attached hydrogens (tertiary/aromatic N) is 1. The Morgan fingerprint density at radius 2 is 1.57 bits per heavy atom. The van der Waals surface area contributed by atoms with Gasteiger partial charge in [-0.1, -0.05) is 68.9 Å². The molecule has 4 aromatic rings. The molecule has 7 nitrogen and oxygen atoms in total. The van der Waals surface area contributed by atoms with Crippen molar-refractivity contribution in [1.82, 2.24) is 5.32 Å². The molecule has 0 aromatic heterocycles. The highest BCUT2D eigenvalue weighted by molar-refractivity contribution is 9.10. The molecule has 11 heteroatoms. The Bertz CT molecular complexity index is 1730. The van der Waals surface area contributed by atoms with E-state index in [1.807, 2.05) is 12.1 Å². The van der Waals surface area contributed by atoms with Crippen LogP contribution in [0.15, 0.2) is 95.0 Å². The van der Waals surface area contributed by atoms with Crippen LogP contribution in [0.3, 0.4) is 0 Å². The number of hydrogen-bond donors (Lipinski definition) is 1. The molecular formula is C31H20BrCl3N2O5. The first kappa shape index (κ1) is 29.7. The standard InChI is InChI=1S/C31H20BrCl3N2O5/c32-21-5-11-28(42-16-18-2-1-3-22(33)12-18)20(13-21)14-26-29(38)36-31(40)37(30(26)39)24-7-9-25(10-8-24)41-17-19-4-6-23(34)15-27(19)35/h1-15H,16-17H2,(H,36,38,40)/b26-14+. The lowest BCUT2D eigenvalue weighted by Gasteiger charge is -2.26. The second-order valence-corrected chi connectivity index (χ2v) is 11.3. The van der Waals surface area contributed by atoms with Gasteiger partial charge in [-0.2, -0.15) is 0 Å². The minimum atomic E-state index is -0.865. The Balaban J connectivity index is 1.35. The van der Waals surface area contributed by atoms with Gasteiger partial charge in [-0.15, -0.1) is 0 Å². The topological polar surface area (TPSA) is 84.9 Å². The molecule has 4 aromatic carbocycles. The molecule has 0 aliphatic carbocycles. The molecule has 0 radical (unpaired) electrons. The van der Waals surface area contributed by atoms with E-state index in [9.17, 15) is 14.4 Å². The molecule has 0 atom stereocenters. The molecule has 42 heavy (non-hydrogen) atoms. The first-order valence-corrected chi connectivity index (χ1v) is 14.4. The van der Waals surface area contributed by atoms with Gasteiger partial charge in [0.2, 0.25) is 0 Å². The van der Waals surface area contributed by atoms with E-state index < -0.39 is 17.8 Å². The molecule has 1 aliphatic heterocycles. The molecule has 0 unspecified atom stereocenters. The molecule has 4 amide bonds. The molecule has 1 N–H and O–H groups in total. The average molecular weight is 687 g/mol. The molecule has 0 bridgehead atoms. The number of barbiturate groups is 1. The van der Waals surface area contributed by atoms with Gasteiger partial charge in [0, 0.05) is 30.7 Å². The van der Waals surface area contributed by atoms with Crippen LogP contribution in [-0.2, 0) is 22.8 Å². The average Bonchev–Trinajstić information content (AvgIpc) is 2.95. The lowest BCUT2D eigenvalue weighted by Crippen LogP contribution is -2.54. The number of hydrogen-bond acceptors (Lipinski definition) is 5.